The molecule has 0 aliphatic carbocycles. The molecule has 3 amide bonds. The van der Waals surface area contributed by atoms with Gasteiger partial charge in [0.1, 0.15) is 6.04 Å². The smallest absolute Gasteiger partial charge is 0.319 e. The normalized spacial score (nSPS) is 15.3. The molecule has 3 aromatic rings. The number of nitrogens with zero attached hydrogens (tertiary/aromatic N) is 1. The Morgan fingerprint density at radius 3 is 2.44 bits per heavy atom. The highest BCUT2D eigenvalue weighted by Gasteiger charge is 2.26. The maximum absolute atomic E-state index is 13.1. The predicted molar refractivity (Wildman–Crippen MR) is 148 cm³/mol. The summed E-state index contributed by atoms with van der Waals surface area (Å²) in [4.78, 5) is 30.2. The summed E-state index contributed by atoms with van der Waals surface area (Å²) in [5.41, 5.74) is 4.11. The van der Waals surface area contributed by atoms with Crippen LogP contribution < -0.4 is 16.0 Å². The van der Waals surface area contributed by atoms with Crippen LogP contribution in [-0.2, 0) is 11.2 Å². The van der Waals surface area contributed by atoms with Gasteiger partial charge >= 0.3 is 6.03 Å². The van der Waals surface area contributed by atoms with Gasteiger partial charge in [-0.1, -0.05) is 53.5 Å². The molecule has 1 unspecified atom stereocenters. The molecule has 0 saturated carbocycles. The average molecular weight is 523 g/mol. The Morgan fingerprint density at radius 2 is 1.75 bits per heavy atom. The van der Waals surface area contributed by atoms with Gasteiger partial charge in [0.2, 0.25) is 5.91 Å². The van der Waals surface area contributed by atoms with Gasteiger partial charge in [0.25, 0.3) is 0 Å². The number of carbonyl (C=O) groups excluding carboxylic acids is 2. The molecule has 0 bridgehead atoms. The van der Waals surface area contributed by atoms with Gasteiger partial charge in [-0.05, 0) is 75.6 Å². The maximum Gasteiger partial charge on any atom is 0.319 e. The van der Waals surface area contributed by atoms with Crippen molar-refractivity contribution >= 4 is 52.2 Å². The fourth-order valence-corrected chi connectivity index (χ4v) is 4.36. The third-order valence-corrected chi connectivity index (χ3v) is 6.24. The molecule has 3 N–H and O–H groups in total. The van der Waals surface area contributed by atoms with E-state index in [0.717, 1.165) is 16.7 Å². The summed E-state index contributed by atoms with van der Waals surface area (Å²) >= 11 is 12.6. The van der Waals surface area contributed by atoms with Crippen LogP contribution in [0.4, 0.5) is 16.2 Å². The van der Waals surface area contributed by atoms with Crippen LogP contribution in [0.25, 0.3) is 0 Å². The highest BCUT2D eigenvalue weighted by atomic mass is 35.5. The minimum absolute atomic E-state index is 0.183. The number of anilines is 2. The lowest BCUT2D eigenvalue weighted by atomic mass is 10.00. The summed E-state index contributed by atoms with van der Waals surface area (Å²) < 4.78 is 0. The minimum Gasteiger partial charge on any atom is -0.333 e. The number of hydrogen-bond donors (Lipinski definition) is 3. The van der Waals surface area contributed by atoms with Crippen molar-refractivity contribution in [1.82, 2.24) is 5.32 Å². The molecule has 0 saturated heterocycles. The lowest BCUT2D eigenvalue weighted by Gasteiger charge is -2.20. The lowest BCUT2D eigenvalue weighted by Crippen LogP contribution is -2.43. The van der Waals surface area contributed by atoms with E-state index in [0.29, 0.717) is 40.0 Å². The number of carbonyl (C=O) groups is 2. The van der Waals surface area contributed by atoms with Crippen molar-refractivity contribution in [2.75, 3.05) is 10.6 Å². The van der Waals surface area contributed by atoms with Crippen molar-refractivity contribution < 1.29 is 9.59 Å². The molecule has 0 spiro atoms. The number of nitrogens with one attached hydrogen (secondary N) is 3. The molecule has 1 aliphatic heterocycles. The van der Waals surface area contributed by atoms with Crippen LogP contribution in [0.5, 0.6) is 0 Å². The van der Waals surface area contributed by atoms with E-state index in [-0.39, 0.29) is 17.5 Å². The first-order valence-corrected chi connectivity index (χ1v) is 12.5. The van der Waals surface area contributed by atoms with Crippen molar-refractivity contribution in [2.45, 2.75) is 45.2 Å². The van der Waals surface area contributed by atoms with E-state index in [1.54, 1.807) is 18.2 Å². The van der Waals surface area contributed by atoms with E-state index in [9.17, 15) is 9.59 Å². The molecule has 0 fully saturated rings. The van der Waals surface area contributed by atoms with Gasteiger partial charge in [0, 0.05) is 32.4 Å². The van der Waals surface area contributed by atoms with Crippen molar-refractivity contribution in [3.05, 3.63) is 93.5 Å². The zero-order valence-electron chi connectivity index (χ0n) is 20.4. The average Bonchev–Trinajstić information content (AvgIpc) is 2.94. The van der Waals surface area contributed by atoms with Gasteiger partial charge < -0.3 is 16.0 Å². The van der Waals surface area contributed by atoms with Gasteiger partial charge in [0.15, 0.2) is 0 Å². The summed E-state index contributed by atoms with van der Waals surface area (Å²) in [6, 6.07) is 19.4. The Hall–Kier alpha value is -3.35. The van der Waals surface area contributed by atoms with Crippen LogP contribution >= 0.6 is 23.2 Å². The molecule has 186 valence electrons. The highest BCUT2D eigenvalue weighted by Crippen LogP contribution is 2.29. The second-order valence-electron chi connectivity index (χ2n) is 9.71. The number of rotatable bonds is 5. The van der Waals surface area contributed by atoms with Crippen LogP contribution in [-0.4, -0.2) is 29.2 Å². The first-order valence-electron chi connectivity index (χ1n) is 11.7. The Kier molecular flexibility index (Phi) is 7.67. The number of halogens is 2. The van der Waals surface area contributed by atoms with Gasteiger partial charge in [-0.15, -0.1) is 0 Å². The quantitative estimate of drug-likeness (QED) is 0.348. The number of urea groups is 1. The molecule has 6 nitrogen and oxygen atoms in total. The first-order chi connectivity index (χ1) is 17.1. The van der Waals surface area contributed by atoms with Crippen molar-refractivity contribution in [3.8, 4) is 0 Å². The van der Waals surface area contributed by atoms with E-state index in [1.165, 1.54) is 0 Å². The van der Waals surface area contributed by atoms with Crippen LogP contribution in [0.15, 0.2) is 71.7 Å². The third-order valence-electron chi connectivity index (χ3n) is 5.63. The van der Waals surface area contributed by atoms with E-state index in [4.69, 9.17) is 28.2 Å². The summed E-state index contributed by atoms with van der Waals surface area (Å²) in [6.07, 6.45) is 1.10. The minimum atomic E-state index is -0.613. The molecule has 4 rings (SSSR count). The van der Waals surface area contributed by atoms with Gasteiger partial charge in [-0.25, -0.2) is 4.79 Å². The van der Waals surface area contributed by atoms with Crippen LogP contribution in [0.3, 0.4) is 0 Å². The number of aliphatic imine (C=N–C) groups is 1. The zero-order chi connectivity index (χ0) is 25.9. The maximum atomic E-state index is 13.1. The Bertz CT molecular complexity index is 1310. The number of hydrogen-bond acceptors (Lipinski definition) is 3. The molecule has 0 radical (unpaired) electrons. The van der Waals surface area contributed by atoms with Crippen molar-refractivity contribution in [1.29, 1.82) is 0 Å². The molecular formula is C28H28Cl2N4O2. The van der Waals surface area contributed by atoms with Gasteiger partial charge in [0.05, 0.1) is 11.4 Å². The van der Waals surface area contributed by atoms with E-state index in [2.05, 4.69) is 16.0 Å². The monoisotopic (exact) mass is 522 g/mol. The second kappa shape index (κ2) is 10.7. The van der Waals surface area contributed by atoms with Crippen molar-refractivity contribution in [2.24, 2.45) is 4.99 Å². The molecule has 3 aromatic carbocycles. The summed E-state index contributed by atoms with van der Waals surface area (Å²) in [6.45, 7) is 5.75. The predicted octanol–water partition coefficient (Wildman–Crippen LogP) is 6.70. The molecule has 0 aromatic heterocycles. The van der Waals surface area contributed by atoms with Crippen molar-refractivity contribution in [3.63, 3.8) is 0 Å². The summed E-state index contributed by atoms with van der Waals surface area (Å²) in [5.74, 6) is -0.183. The molecule has 1 heterocycles. The van der Waals surface area contributed by atoms with Gasteiger partial charge in [-0.2, -0.15) is 0 Å². The summed E-state index contributed by atoms with van der Waals surface area (Å²) in [5, 5.41) is 9.92. The van der Waals surface area contributed by atoms with Crippen LogP contribution in [0.2, 0.25) is 10.0 Å². The lowest BCUT2D eigenvalue weighted by molar-refractivity contribution is -0.117. The zero-order valence-corrected chi connectivity index (χ0v) is 21.9. The topological polar surface area (TPSA) is 82.6 Å². The Labute approximate surface area is 221 Å². The standard InChI is InChI=1S/C28H28Cl2N4O2/c1-28(2,3)34-27(36)31-20-12-8-18(9-13-20)25-21-16-19(29)11-15-23(21)33-26(35)24(32-25)14-10-17-6-4-5-7-22(17)30/h4-9,11-13,15-16,24H,10,14H2,1-3H3,(H,33,35)(H2,31,34,36). The summed E-state index contributed by atoms with van der Waals surface area (Å²) in [7, 11) is 0. The van der Waals surface area contributed by atoms with Gasteiger partial charge in [-0.3, -0.25) is 9.79 Å². The second-order valence-corrected chi connectivity index (χ2v) is 10.6. The van der Waals surface area contributed by atoms with E-state index >= 15 is 0 Å². The van der Waals surface area contributed by atoms with E-state index in [1.807, 2.05) is 69.3 Å². The molecule has 1 aliphatic rings. The number of amides is 3. The third kappa shape index (κ3) is 6.45. The SMILES string of the molecule is CC(C)(C)NC(=O)Nc1ccc(C2=NC(CCc3ccccc3Cl)C(=O)Nc3ccc(Cl)cc32)cc1. The fourth-order valence-electron chi connectivity index (χ4n) is 3.95. The molecular weight excluding hydrogens is 495 g/mol. The van der Waals surface area contributed by atoms with Crippen LogP contribution in [0.1, 0.15) is 43.9 Å². The number of fused-ring (bicyclic) bond motifs is 1. The Morgan fingerprint density at radius 1 is 1.03 bits per heavy atom. The van der Waals surface area contributed by atoms with E-state index < -0.39 is 6.04 Å². The number of benzodiazepines with no additional fused rings is 1. The number of aryl methyl sites for hydroxylation is 1. The molecule has 8 heteroatoms. The Balaban J connectivity index is 1.64. The number of benzene rings is 3. The fraction of sp³-hybridized carbons (Fsp3) is 0.250. The highest BCUT2D eigenvalue weighted by molar-refractivity contribution is 6.32. The first kappa shape index (κ1) is 25.7. The molecule has 1 atom stereocenters. The van der Waals surface area contributed by atoms with Crippen LogP contribution in [0, 0.1) is 0 Å². The molecule has 36 heavy (non-hydrogen) atoms. The largest absolute Gasteiger partial charge is 0.333 e.